The second-order valence-electron chi connectivity index (χ2n) is 6.38. The van der Waals surface area contributed by atoms with E-state index in [2.05, 4.69) is 20.2 Å². The molecule has 6 heteroatoms. The zero-order chi connectivity index (χ0) is 18.3. The summed E-state index contributed by atoms with van der Waals surface area (Å²) >= 11 is 0. The average molecular weight is 342 g/mol. The second-order valence-corrected chi connectivity index (χ2v) is 6.38. The van der Waals surface area contributed by atoms with E-state index in [1.807, 2.05) is 37.4 Å². The molecule has 6 nitrogen and oxygen atoms in total. The maximum absolute atomic E-state index is 12.2. The van der Waals surface area contributed by atoms with Crippen LogP contribution in [0.25, 0.3) is 0 Å². The van der Waals surface area contributed by atoms with Crippen molar-refractivity contribution in [2.45, 2.75) is 32.4 Å². The normalized spacial score (nSPS) is 11.2. The van der Waals surface area contributed by atoms with Gasteiger partial charge in [0.1, 0.15) is 11.4 Å². The number of ether oxygens (including phenoxy) is 1. The smallest absolute Gasteiger partial charge is 0.251 e. The van der Waals surface area contributed by atoms with E-state index >= 15 is 0 Å². The first kappa shape index (κ1) is 18.9. The van der Waals surface area contributed by atoms with Gasteiger partial charge in [0.05, 0.1) is 0 Å². The van der Waals surface area contributed by atoms with Gasteiger partial charge in [-0.2, -0.15) is 0 Å². The standard InChI is InChI=1S/C19H26N4O2/c1-19(2,25-4)18(24)22-14-15-8-7-12-21-17(15)23(3)13-10-16-9-5-6-11-20-16/h5-9,11-12H,10,13-14H2,1-4H3,(H,22,24). The first-order chi connectivity index (χ1) is 11.9. The van der Waals surface area contributed by atoms with Crippen LogP contribution in [-0.2, 0) is 22.5 Å². The number of carbonyl (C=O) groups is 1. The van der Waals surface area contributed by atoms with Gasteiger partial charge in [0.25, 0.3) is 5.91 Å². The van der Waals surface area contributed by atoms with Crippen LogP contribution in [0, 0.1) is 0 Å². The van der Waals surface area contributed by atoms with Gasteiger partial charge in [-0.15, -0.1) is 0 Å². The Morgan fingerprint density at radius 2 is 1.96 bits per heavy atom. The van der Waals surface area contributed by atoms with E-state index in [0.717, 1.165) is 30.0 Å². The molecule has 0 aliphatic heterocycles. The first-order valence-corrected chi connectivity index (χ1v) is 8.32. The number of carbonyl (C=O) groups excluding carboxylic acids is 1. The Kier molecular flexibility index (Phi) is 6.47. The lowest BCUT2D eigenvalue weighted by Gasteiger charge is -2.24. The van der Waals surface area contributed by atoms with Gasteiger partial charge >= 0.3 is 0 Å². The van der Waals surface area contributed by atoms with E-state index in [-0.39, 0.29) is 5.91 Å². The van der Waals surface area contributed by atoms with Gasteiger partial charge in [-0.3, -0.25) is 9.78 Å². The van der Waals surface area contributed by atoms with Crippen LogP contribution in [0.4, 0.5) is 5.82 Å². The molecule has 0 saturated heterocycles. The quantitative estimate of drug-likeness (QED) is 0.796. The molecule has 2 heterocycles. The highest BCUT2D eigenvalue weighted by molar-refractivity contribution is 5.84. The summed E-state index contributed by atoms with van der Waals surface area (Å²) < 4.78 is 5.21. The van der Waals surface area contributed by atoms with E-state index in [9.17, 15) is 4.79 Å². The van der Waals surface area contributed by atoms with Gasteiger partial charge in [0, 0.05) is 57.3 Å². The number of anilines is 1. The van der Waals surface area contributed by atoms with Crippen LogP contribution in [0.1, 0.15) is 25.1 Å². The Labute approximate surface area is 149 Å². The number of methoxy groups -OCH3 is 1. The fourth-order valence-electron chi connectivity index (χ4n) is 2.33. The van der Waals surface area contributed by atoms with Crippen LogP contribution in [0.3, 0.4) is 0 Å². The molecule has 1 amide bonds. The summed E-state index contributed by atoms with van der Waals surface area (Å²) in [6.45, 7) is 4.68. The average Bonchev–Trinajstić information content (AvgIpc) is 2.65. The second kappa shape index (κ2) is 8.58. The highest BCUT2D eigenvalue weighted by atomic mass is 16.5. The molecule has 0 radical (unpaired) electrons. The van der Waals surface area contributed by atoms with Gasteiger partial charge in [-0.1, -0.05) is 12.1 Å². The van der Waals surface area contributed by atoms with Crippen LogP contribution in [-0.4, -0.2) is 42.2 Å². The molecule has 0 bridgehead atoms. The van der Waals surface area contributed by atoms with Crippen LogP contribution >= 0.6 is 0 Å². The number of amides is 1. The maximum atomic E-state index is 12.2. The van der Waals surface area contributed by atoms with Crippen molar-refractivity contribution in [1.29, 1.82) is 0 Å². The van der Waals surface area contributed by atoms with Crippen LogP contribution < -0.4 is 10.2 Å². The highest BCUT2D eigenvalue weighted by Gasteiger charge is 2.26. The molecule has 0 saturated carbocycles. The van der Waals surface area contributed by atoms with Crippen molar-refractivity contribution >= 4 is 11.7 Å². The number of hydrogen-bond acceptors (Lipinski definition) is 5. The minimum absolute atomic E-state index is 0.152. The number of rotatable bonds is 8. The van der Waals surface area contributed by atoms with E-state index in [0.29, 0.717) is 6.54 Å². The Hall–Kier alpha value is -2.47. The van der Waals surface area contributed by atoms with Gasteiger partial charge in [0.15, 0.2) is 0 Å². The van der Waals surface area contributed by atoms with Crippen molar-refractivity contribution in [1.82, 2.24) is 15.3 Å². The van der Waals surface area contributed by atoms with E-state index in [1.54, 1.807) is 26.2 Å². The Morgan fingerprint density at radius 1 is 1.20 bits per heavy atom. The zero-order valence-electron chi connectivity index (χ0n) is 15.3. The Morgan fingerprint density at radius 3 is 2.64 bits per heavy atom. The van der Waals surface area contributed by atoms with E-state index in [4.69, 9.17) is 4.74 Å². The van der Waals surface area contributed by atoms with Gasteiger partial charge in [-0.25, -0.2) is 4.98 Å². The Bertz CT molecular complexity index is 689. The number of nitrogens with one attached hydrogen (secondary N) is 1. The van der Waals surface area contributed by atoms with Crippen molar-refractivity contribution in [3.8, 4) is 0 Å². The van der Waals surface area contributed by atoms with Crippen molar-refractivity contribution in [3.63, 3.8) is 0 Å². The van der Waals surface area contributed by atoms with Gasteiger partial charge in [0.2, 0.25) is 0 Å². The summed E-state index contributed by atoms with van der Waals surface area (Å²) in [5.74, 6) is 0.704. The lowest BCUT2D eigenvalue weighted by Crippen LogP contribution is -2.43. The molecule has 0 atom stereocenters. The number of likely N-dealkylation sites (N-methyl/N-ethyl adjacent to an activating group) is 1. The number of nitrogens with zero attached hydrogens (tertiary/aromatic N) is 3. The van der Waals surface area contributed by atoms with Gasteiger partial charge in [-0.05, 0) is 32.0 Å². The lowest BCUT2D eigenvalue weighted by molar-refractivity contribution is -0.139. The molecule has 0 aliphatic carbocycles. The minimum Gasteiger partial charge on any atom is -0.369 e. The number of pyridine rings is 2. The molecular formula is C19H26N4O2. The van der Waals surface area contributed by atoms with Crippen molar-refractivity contribution in [3.05, 3.63) is 54.0 Å². The third kappa shape index (κ3) is 5.26. The molecule has 134 valence electrons. The van der Waals surface area contributed by atoms with E-state index in [1.165, 1.54) is 7.11 Å². The molecule has 0 fully saturated rings. The summed E-state index contributed by atoms with van der Waals surface area (Å²) in [4.78, 5) is 23.1. The SMILES string of the molecule is COC(C)(C)C(=O)NCc1cccnc1N(C)CCc1ccccn1. The van der Waals surface area contributed by atoms with Crippen LogP contribution in [0.2, 0.25) is 0 Å². The molecule has 2 rings (SSSR count). The molecule has 1 N–H and O–H groups in total. The summed E-state index contributed by atoms with van der Waals surface area (Å²) in [5, 5.41) is 2.92. The molecule has 0 spiro atoms. The number of hydrogen-bond donors (Lipinski definition) is 1. The highest BCUT2D eigenvalue weighted by Crippen LogP contribution is 2.17. The summed E-state index contributed by atoms with van der Waals surface area (Å²) in [5.41, 5.74) is 1.15. The molecule has 25 heavy (non-hydrogen) atoms. The summed E-state index contributed by atoms with van der Waals surface area (Å²) in [6, 6.07) is 9.76. The maximum Gasteiger partial charge on any atom is 0.251 e. The van der Waals surface area contributed by atoms with Crippen molar-refractivity contribution < 1.29 is 9.53 Å². The predicted octanol–water partition coefficient (Wildman–Crippen LogP) is 2.20. The van der Waals surface area contributed by atoms with E-state index < -0.39 is 5.60 Å². The first-order valence-electron chi connectivity index (χ1n) is 8.32. The van der Waals surface area contributed by atoms with Crippen LogP contribution in [0.15, 0.2) is 42.7 Å². The third-order valence-electron chi connectivity index (χ3n) is 4.16. The molecule has 0 aromatic carbocycles. The fourth-order valence-corrected chi connectivity index (χ4v) is 2.33. The monoisotopic (exact) mass is 342 g/mol. The molecule has 0 aliphatic rings. The summed E-state index contributed by atoms with van der Waals surface area (Å²) in [6.07, 6.45) is 4.39. The largest absolute Gasteiger partial charge is 0.369 e. The molecular weight excluding hydrogens is 316 g/mol. The summed E-state index contributed by atoms with van der Waals surface area (Å²) in [7, 11) is 3.52. The fraction of sp³-hybridized carbons (Fsp3) is 0.421. The predicted molar refractivity (Wildman–Crippen MR) is 98.4 cm³/mol. The Balaban J connectivity index is 2.00. The van der Waals surface area contributed by atoms with Gasteiger partial charge < -0.3 is 15.0 Å². The number of aromatic nitrogens is 2. The molecule has 2 aromatic heterocycles. The zero-order valence-corrected chi connectivity index (χ0v) is 15.3. The minimum atomic E-state index is -0.854. The molecule has 2 aromatic rings. The van der Waals surface area contributed by atoms with Crippen molar-refractivity contribution in [2.75, 3.05) is 25.6 Å². The topological polar surface area (TPSA) is 67.3 Å². The van der Waals surface area contributed by atoms with Crippen molar-refractivity contribution in [2.24, 2.45) is 0 Å². The molecule has 0 unspecified atom stereocenters. The van der Waals surface area contributed by atoms with Crippen LogP contribution in [0.5, 0.6) is 0 Å². The lowest BCUT2D eigenvalue weighted by atomic mass is 10.1. The third-order valence-corrected chi connectivity index (χ3v) is 4.16.